The molecule has 9 nitrogen and oxygen atoms in total. The van der Waals surface area contributed by atoms with Gasteiger partial charge in [-0.15, -0.1) is 0 Å². The van der Waals surface area contributed by atoms with Crippen LogP contribution in [0.25, 0.3) is 55.6 Å². The standard InChI is InChI=1S/C31H28N8O/c40-30(9-19-5-2-1-3-6-19)36-22-10-21(14-33-15-22)26-12-24-29(18-35-26)38-39-31(24)27-11-23-25(16-34-17-28(23)37-27)20-7-4-8-32-13-20/h4,7-8,10-19,37H,1-3,5-6,9H2,(H,36,40)(H,38,39). The minimum atomic E-state index is 0.0466. The van der Waals surface area contributed by atoms with Crippen LogP contribution in [-0.2, 0) is 4.79 Å². The number of pyridine rings is 4. The van der Waals surface area contributed by atoms with Crippen molar-refractivity contribution in [3.8, 4) is 33.8 Å². The van der Waals surface area contributed by atoms with E-state index in [9.17, 15) is 4.79 Å². The number of fused-ring (bicyclic) bond motifs is 2. The number of carbonyl (C=O) groups is 1. The predicted molar refractivity (Wildman–Crippen MR) is 155 cm³/mol. The van der Waals surface area contributed by atoms with E-state index in [1.54, 1.807) is 24.8 Å². The van der Waals surface area contributed by atoms with Crippen molar-refractivity contribution in [1.29, 1.82) is 0 Å². The van der Waals surface area contributed by atoms with Gasteiger partial charge in [-0.05, 0) is 43.0 Å². The SMILES string of the molecule is O=C(CC1CCCCC1)Nc1cncc(-c2cc3c(-c4cc5c(-c6cccnc6)cncc5[nH]4)n[nH]c3cn2)c1. The van der Waals surface area contributed by atoms with Crippen molar-refractivity contribution in [1.82, 2.24) is 35.1 Å². The van der Waals surface area contributed by atoms with Gasteiger partial charge in [-0.25, -0.2) is 0 Å². The molecule has 0 aromatic carbocycles. The Labute approximate surface area is 230 Å². The molecule has 6 aromatic heterocycles. The first-order valence-electron chi connectivity index (χ1n) is 13.7. The monoisotopic (exact) mass is 528 g/mol. The van der Waals surface area contributed by atoms with Crippen LogP contribution in [0.2, 0.25) is 0 Å². The highest BCUT2D eigenvalue weighted by Crippen LogP contribution is 2.34. The summed E-state index contributed by atoms with van der Waals surface area (Å²) in [4.78, 5) is 33.9. The molecule has 0 atom stereocenters. The van der Waals surface area contributed by atoms with Crippen LogP contribution in [-0.4, -0.2) is 41.0 Å². The van der Waals surface area contributed by atoms with E-state index in [-0.39, 0.29) is 5.91 Å². The Morgan fingerprint density at radius 3 is 2.62 bits per heavy atom. The zero-order valence-electron chi connectivity index (χ0n) is 21.9. The third-order valence-corrected chi connectivity index (χ3v) is 7.74. The first-order valence-corrected chi connectivity index (χ1v) is 13.7. The van der Waals surface area contributed by atoms with Gasteiger partial charge in [-0.2, -0.15) is 5.10 Å². The fourth-order valence-electron chi connectivity index (χ4n) is 5.72. The summed E-state index contributed by atoms with van der Waals surface area (Å²) in [5.74, 6) is 0.527. The van der Waals surface area contributed by atoms with Crippen LogP contribution in [0.1, 0.15) is 38.5 Å². The molecule has 0 radical (unpaired) electrons. The fourth-order valence-corrected chi connectivity index (χ4v) is 5.72. The lowest BCUT2D eigenvalue weighted by molar-refractivity contribution is -0.117. The molecule has 1 amide bonds. The molecular weight excluding hydrogens is 500 g/mol. The largest absolute Gasteiger partial charge is 0.352 e. The minimum absolute atomic E-state index is 0.0466. The number of rotatable bonds is 6. The van der Waals surface area contributed by atoms with Gasteiger partial charge >= 0.3 is 0 Å². The van der Waals surface area contributed by atoms with E-state index in [2.05, 4.69) is 46.5 Å². The molecule has 1 saturated carbocycles. The third kappa shape index (κ3) is 4.70. The lowest BCUT2D eigenvalue weighted by atomic mass is 9.87. The summed E-state index contributed by atoms with van der Waals surface area (Å²) in [6.45, 7) is 0. The zero-order chi connectivity index (χ0) is 26.9. The Morgan fingerprint density at radius 1 is 0.875 bits per heavy atom. The molecule has 0 unspecified atom stereocenters. The second-order valence-electron chi connectivity index (χ2n) is 10.5. The summed E-state index contributed by atoms with van der Waals surface area (Å²) in [7, 11) is 0. The van der Waals surface area contributed by atoms with Crippen molar-refractivity contribution in [2.24, 2.45) is 5.92 Å². The maximum Gasteiger partial charge on any atom is 0.224 e. The quantitative estimate of drug-likeness (QED) is 0.226. The number of anilines is 1. The summed E-state index contributed by atoms with van der Waals surface area (Å²) in [5.41, 5.74) is 7.67. The molecule has 0 aliphatic heterocycles. The molecule has 1 fully saturated rings. The smallest absolute Gasteiger partial charge is 0.224 e. The maximum atomic E-state index is 12.7. The number of nitrogens with zero attached hydrogens (tertiary/aromatic N) is 5. The molecule has 198 valence electrons. The van der Waals surface area contributed by atoms with Gasteiger partial charge in [-0.1, -0.05) is 25.3 Å². The number of amides is 1. The van der Waals surface area contributed by atoms with Crippen molar-refractivity contribution >= 4 is 33.4 Å². The number of nitrogens with one attached hydrogen (secondary N) is 3. The fraction of sp³-hybridized carbons (Fsp3) is 0.226. The van der Waals surface area contributed by atoms with E-state index in [1.165, 1.54) is 19.3 Å². The Morgan fingerprint density at radius 2 is 1.75 bits per heavy atom. The van der Waals surface area contributed by atoms with Crippen molar-refractivity contribution in [2.45, 2.75) is 38.5 Å². The summed E-state index contributed by atoms with van der Waals surface area (Å²) in [6, 6.07) is 9.97. The molecule has 3 N–H and O–H groups in total. The molecule has 40 heavy (non-hydrogen) atoms. The second-order valence-corrected chi connectivity index (χ2v) is 10.5. The first kappa shape index (κ1) is 24.1. The highest BCUT2D eigenvalue weighted by Gasteiger charge is 2.18. The van der Waals surface area contributed by atoms with Crippen LogP contribution in [0.3, 0.4) is 0 Å². The first-order chi connectivity index (χ1) is 19.7. The average molecular weight is 529 g/mol. The van der Waals surface area contributed by atoms with E-state index in [1.807, 2.05) is 42.9 Å². The lowest BCUT2D eigenvalue weighted by Crippen LogP contribution is -2.18. The van der Waals surface area contributed by atoms with Crippen molar-refractivity contribution in [3.63, 3.8) is 0 Å². The summed E-state index contributed by atoms with van der Waals surface area (Å²) in [5, 5.41) is 12.7. The normalized spacial score (nSPS) is 14.1. The number of aromatic nitrogens is 7. The highest BCUT2D eigenvalue weighted by atomic mass is 16.1. The molecular formula is C31H28N8O. The van der Waals surface area contributed by atoms with Crippen LogP contribution >= 0.6 is 0 Å². The Kier molecular flexibility index (Phi) is 6.24. The van der Waals surface area contributed by atoms with Gasteiger partial charge in [0.1, 0.15) is 5.69 Å². The lowest BCUT2D eigenvalue weighted by Gasteiger charge is -2.20. The van der Waals surface area contributed by atoms with Gasteiger partial charge in [0.2, 0.25) is 5.91 Å². The number of hydrogen-bond acceptors (Lipinski definition) is 6. The molecule has 1 aliphatic carbocycles. The molecule has 9 heteroatoms. The number of H-pyrrole nitrogens is 2. The third-order valence-electron chi connectivity index (χ3n) is 7.74. The molecule has 6 heterocycles. The Hall–Kier alpha value is -4.92. The van der Waals surface area contributed by atoms with Gasteiger partial charge < -0.3 is 10.3 Å². The number of aromatic amines is 2. The molecule has 0 saturated heterocycles. The van der Waals surface area contributed by atoms with Crippen molar-refractivity contribution in [2.75, 3.05) is 5.32 Å². The topological polar surface area (TPSA) is 125 Å². The predicted octanol–water partition coefficient (Wildman–Crippen LogP) is 6.53. The minimum Gasteiger partial charge on any atom is -0.352 e. The number of hydrogen-bond donors (Lipinski definition) is 3. The zero-order valence-corrected chi connectivity index (χ0v) is 21.9. The van der Waals surface area contributed by atoms with Crippen molar-refractivity contribution in [3.05, 3.63) is 73.7 Å². The molecule has 0 bridgehead atoms. The van der Waals surface area contributed by atoms with E-state index in [4.69, 9.17) is 0 Å². The summed E-state index contributed by atoms with van der Waals surface area (Å²) < 4.78 is 0. The van der Waals surface area contributed by atoms with E-state index >= 15 is 0 Å². The van der Waals surface area contributed by atoms with Gasteiger partial charge in [0.15, 0.2) is 0 Å². The molecule has 7 rings (SSSR count). The molecule has 6 aromatic rings. The Balaban J connectivity index is 1.19. The van der Waals surface area contributed by atoms with Crippen LogP contribution in [0, 0.1) is 5.92 Å². The van der Waals surface area contributed by atoms with E-state index in [0.29, 0.717) is 18.0 Å². The van der Waals surface area contributed by atoms with Crippen LogP contribution in [0.15, 0.2) is 73.7 Å². The van der Waals surface area contributed by atoms with Gasteiger partial charge in [-0.3, -0.25) is 29.8 Å². The van der Waals surface area contributed by atoms with Crippen LogP contribution in [0.5, 0.6) is 0 Å². The average Bonchev–Trinajstić information content (AvgIpc) is 3.62. The molecule has 1 aliphatic rings. The van der Waals surface area contributed by atoms with Crippen LogP contribution < -0.4 is 5.32 Å². The van der Waals surface area contributed by atoms with E-state index < -0.39 is 0 Å². The van der Waals surface area contributed by atoms with Gasteiger partial charge in [0, 0.05) is 58.7 Å². The van der Waals surface area contributed by atoms with E-state index in [0.717, 1.165) is 68.4 Å². The molecule has 0 spiro atoms. The maximum absolute atomic E-state index is 12.7. The number of carbonyl (C=O) groups excluding carboxylic acids is 1. The van der Waals surface area contributed by atoms with Crippen molar-refractivity contribution < 1.29 is 4.79 Å². The Bertz CT molecular complexity index is 1820. The summed E-state index contributed by atoms with van der Waals surface area (Å²) in [6.07, 6.45) is 19.1. The highest BCUT2D eigenvalue weighted by molar-refractivity contribution is 6.01. The second kappa shape index (κ2) is 10.3. The van der Waals surface area contributed by atoms with Gasteiger partial charge in [0.25, 0.3) is 0 Å². The van der Waals surface area contributed by atoms with Gasteiger partial charge in [0.05, 0.1) is 46.7 Å². The summed E-state index contributed by atoms with van der Waals surface area (Å²) >= 11 is 0. The van der Waals surface area contributed by atoms with Crippen LogP contribution in [0.4, 0.5) is 5.69 Å².